The molecule has 1 unspecified atom stereocenters. The van der Waals surface area contributed by atoms with Crippen LogP contribution in [0.4, 0.5) is 0 Å². The maximum Gasteiger partial charge on any atom is 1.00 e. The zero-order valence-corrected chi connectivity index (χ0v) is 18.7. The van der Waals surface area contributed by atoms with Gasteiger partial charge in [0, 0.05) is 0 Å². The van der Waals surface area contributed by atoms with Gasteiger partial charge in [-0.2, -0.15) is 0 Å². The number of unbranched alkanes of at least 4 members (excludes halogenated alkanes) is 10. The van der Waals surface area contributed by atoms with Crippen molar-refractivity contribution < 1.29 is 53.9 Å². The molecule has 0 rings (SSSR count). The van der Waals surface area contributed by atoms with Crippen LogP contribution in [0.3, 0.4) is 0 Å². The molecule has 142 valence electrons. The van der Waals surface area contributed by atoms with Gasteiger partial charge >= 0.3 is 31.0 Å². The molecule has 0 heterocycles. The van der Waals surface area contributed by atoms with Crippen molar-refractivity contribution in [3.05, 3.63) is 12.2 Å². The maximum atomic E-state index is 10.8. The first kappa shape index (κ1) is 27.3. The van der Waals surface area contributed by atoms with Crippen LogP contribution >= 0.6 is 0 Å². The number of carboxylic acids is 1. The van der Waals surface area contributed by atoms with Crippen molar-refractivity contribution in [3.8, 4) is 0 Å². The van der Waals surface area contributed by atoms with Gasteiger partial charge in [0.25, 0.3) is 0 Å². The molecule has 5 nitrogen and oxygen atoms in total. The largest absolute Gasteiger partial charge is 1.00 e. The second-order valence-corrected chi connectivity index (χ2v) is 7.87. The second-order valence-electron chi connectivity index (χ2n) is 6.32. The zero-order valence-electron chi connectivity index (χ0n) is 16.9. The molecule has 0 bridgehead atoms. The molecule has 0 aliphatic carbocycles. The quantitative estimate of drug-likeness (QED) is 0.166. The molecule has 0 aliphatic rings. The standard InChI is InChI=1S/C18H34O5S.Na/c1-2-3-4-5-6-7-8-9-10-11-12-13-14-15-16-17(18(19)20)24(21,22)23;/h9-10,17H,2-8,11-16H2,1H3,(H,19,20)(H,21,22,23);/q;+1/p-1/b10-9-;. The fourth-order valence-corrected chi connectivity index (χ4v) is 3.29. The van der Waals surface area contributed by atoms with E-state index < -0.39 is 21.3 Å². The van der Waals surface area contributed by atoms with E-state index in [0.29, 0.717) is 6.42 Å². The van der Waals surface area contributed by atoms with Gasteiger partial charge < -0.3 is 14.5 Å². The summed E-state index contributed by atoms with van der Waals surface area (Å²) in [4.78, 5) is 10.6. The summed E-state index contributed by atoms with van der Waals surface area (Å²) in [6.45, 7) is 2.22. The third-order valence-electron chi connectivity index (χ3n) is 4.09. The molecule has 0 aromatic heterocycles. The van der Waals surface area contributed by atoms with E-state index in [-0.39, 0.29) is 37.4 Å². The number of carbonyl (C=O) groups excluding carboxylic acids is 1. The van der Waals surface area contributed by atoms with Crippen LogP contribution in [-0.4, -0.2) is 24.2 Å². The van der Waals surface area contributed by atoms with Gasteiger partial charge in [-0.25, -0.2) is 8.42 Å². The van der Waals surface area contributed by atoms with E-state index in [1.54, 1.807) is 0 Å². The first-order chi connectivity index (χ1) is 11.4. The number of aliphatic carboxylic acids is 1. The molecular weight excluding hydrogens is 351 g/mol. The van der Waals surface area contributed by atoms with Gasteiger partial charge in [-0.05, 0) is 32.1 Å². The van der Waals surface area contributed by atoms with E-state index >= 15 is 0 Å². The van der Waals surface area contributed by atoms with E-state index in [1.807, 2.05) is 0 Å². The van der Waals surface area contributed by atoms with Gasteiger partial charge in [0.1, 0.15) is 10.1 Å². The van der Waals surface area contributed by atoms with Crippen LogP contribution in [-0.2, 0) is 14.9 Å². The Balaban J connectivity index is -0.00000264. The average Bonchev–Trinajstić information content (AvgIpc) is 2.49. The number of allylic oxidation sites excluding steroid dienone is 2. The van der Waals surface area contributed by atoms with E-state index in [4.69, 9.17) is 0 Å². The predicted octanol–water partition coefficient (Wildman–Crippen LogP) is 0.414. The summed E-state index contributed by atoms with van der Waals surface area (Å²) in [6, 6.07) is 0. The van der Waals surface area contributed by atoms with Gasteiger partial charge in [-0.3, -0.25) is 0 Å². The van der Waals surface area contributed by atoms with Crippen LogP contribution in [0.15, 0.2) is 12.2 Å². The van der Waals surface area contributed by atoms with Crippen molar-refractivity contribution in [1.82, 2.24) is 0 Å². The second kappa shape index (κ2) is 17.5. The third-order valence-corrected chi connectivity index (χ3v) is 5.21. The zero-order chi connectivity index (χ0) is 18.3. The molecule has 0 aliphatic heterocycles. The minimum Gasteiger partial charge on any atom is -0.747 e. The summed E-state index contributed by atoms with van der Waals surface area (Å²) in [7, 11) is -4.81. The molecule has 1 atom stereocenters. The molecule has 0 fully saturated rings. The molecule has 0 aromatic carbocycles. The van der Waals surface area contributed by atoms with Gasteiger partial charge in [0.2, 0.25) is 0 Å². The Morgan fingerprint density at radius 2 is 1.36 bits per heavy atom. The van der Waals surface area contributed by atoms with Crippen LogP contribution in [0.5, 0.6) is 0 Å². The van der Waals surface area contributed by atoms with Crippen LogP contribution < -0.4 is 34.7 Å². The molecule has 0 amide bonds. The van der Waals surface area contributed by atoms with Gasteiger partial charge in [0.05, 0.1) is 11.2 Å². The number of carboxylic acid groups (broad SMARTS) is 1. The van der Waals surface area contributed by atoms with Crippen molar-refractivity contribution in [2.45, 2.75) is 95.6 Å². The molecule has 0 spiro atoms. The topological polar surface area (TPSA) is 97.3 Å². The monoisotopic (exact) mass is 384 g/mol. The first-order valence-corrected chi connectivity index (χ1v) is 10.7. The number of hydrogen-bond donors (Lipinski definition) is 0. The Morgan fingerprint density at radius 3 is 1.80 bits per heavy atom. The van der Waals surface area contributed by atoms with Crippen LogP contribution in [0.2, 0.25) is 0 Å². The van der Waals surface area contributed by atoms with E-state index in [1.165, 1.54) is 38.5 Å². The molecule has 0 N–H and O–H groups in total. The van der Waals surface area contributed by atoms with Gasteiger partial charge in [0.15, 0.2) is 0 Å². The molecular formula is C18H33NaO5S. The maximum absolute atomic E-state index is 10.8. The van der Waals surface area contributed by atoms with Crippen molar-refractivity contribution in [2.24, 2.45) is 0 Å². The molecule has 25 heavy (non-hydrogen) atoms. The Hall–Kier alpha value is 0.120. The molecule has 0 saturated carbocycles. The normalized spacial score (nSPS) is 12.9. The average molecular weight is 385 g/mol. The van der Waals surface area contributed by atoms with Crippen molar-refractivity contribution in [3.63, 3.8) is 0 Å². The Bertz CT molecular complexity index is 454. The summed E-state index contributed by atoms with van der Waals surface area (Å²) in [5.74, 6) is -1.79. The Labute approximate surface area is 177 Å². The SMILES string of the molecule is CCCCCCCC/C=C\CCCCCCC(C(=O)[O-])S(=O)(=O)[O-].[H+].[Na+]. The van der Waals surface area contributed by atoms with E-state index in [9.17, 15) is 22.9 Å². The van der Waals surface area contributed by atoms with Crippen LogP contribution in [0.1, 0.15) is 91.8 Å². The fraction of sp³-hybridized carbons (Fsp3) is 0.833. The summed E-state index contributed by atoms with van der Waals surface area (Å²) in [5, 5.41) is 8.70. The number of carbonyl (C=O) groups is 1. The number of hydrogen-bond acceptors (Lipinski definition) is 5. The Kier molecular flexibility index (Phi) is 19.2. The summed E-state index contributed by atoms with van der Waals surface area (Å²) >= 11 is 0. The van der Waals surface area contributed by atoms with Crippen molar-refractivity contribution in [2.75, 3.05) is 0 Å². The predicted molar refractivity (Wildman–Crippen MR) is 94.4 cm³/mol. The number of rotatable bonds is 16. The van der Waals surface area contributed by atoms with Crippen molar-refractivity contribution in [1.29, 1.82) is 0 Å². The summed E-state index contributed by atoms with van der Waals surface area (Å²) in [6.07, 6.45) is 17.2. The van der Waals surface area contributed by atoms with Crippen molar-refractivity contribution >= 4 is 16.1 Å². The molecule has 0 aromatic rings. The minimum atomic E-state index is -4.81. The van der Waals surface area contributed by atoms with Crippen LogP contribution in [0, 0.1) is 0 Å². The minimum absolute atomic E-state index is 0. The summed E-state index contributed by atoms with van der Waals surface area (Å²) in [5.41, 5.74) is 0. The van der Waals surface area contributed by atoms with E-state index in [2.05, 4.69) is 19.1 Å². The first-order valence-electron chi connectivity index (χ1n) is 9.20. The van der Waals surface area contributed by atoms with Gasteiger partial charge in [-0.15, -0.1) is 0 Å². The molecule has 0 radical (unpaired) electrons. The molecule has 7 heteroatoms. The van der Waals surface area contributed by atoms with Crippen LogP contribution in [0.25, 0.3) is 0 Å². The fourth-order valence-electron chi connectivity index (χ4n) is 2.60. The van der Waals surface area contributed by atoms with E-state index in [0.717, 1.165) is 32.1 Å². The third kappa shape index (κ3) is 17.3. The molecule has 0 saturated heterocycles. The smallest absolute Gasteiger partial charge is 0.747 e. The van der Waals surface area contributed by atoms with Gasteiger partial charge in [-0.1, -0.05) is 70.4 Å². The Morgan fingerprint density at radius 1 is 0.920 bits per heavy atom. The summed E-state index contributed by atoms with van der Waals surface area (Å²) < 4.78 is 32.3.